The van der Waals surface area contributed by atoms with Crippen LogP contribution in [0.5, 0.6) is 0 Å². The molecule has 0 aliphatic carbocycles. The number of hydrogen-bond acceptors (Lipinski definition) is 6. The Kier molecular flexibility index (Phi) is 8.33. The molecule has 0 saturated carbocycles. The second-order valence-corrected chi connectivity index (χ2v) is 8.23. The zero-order valence-electron chi connectivity index (χ0n) is 18.3. The van der Waals surface area contributed by atoms with E-state index < -0.39 is 0 Å². The maximum Gasteiger partial charge on any atom is 0.273 e. The van der Waals surface area contributed by atoms with Gasteiger partial charge in [0.1, 0.15) is 11.5 Å². The number of benzene rings is 1. The van der Waals surface area contributed by atoms with Gasteiger partial charge < -0.3 is 10.2 Å². The molecule has 3 N–H and O–H groups in total. The number of amides is 1. The van der Waals surface area contributed by atoms with Gasteiger partial charge in [-0.25, -0.2) is 4.98 Å². The van der Waals surface area contributed by atoms with Crippen molar-refractivity contribution in [3.63, 3.8) is 0 Å². The van der Waals surface area contributed by atoms with Crippen molar-refractivity contribution in [2.24, 2.45) is 4.99 Å². The zero-order chi connectivity index (χ0) is 22.9. The Bertz CT molecular complexity index is 1030. The first-order valence-corrected chi connectivity index (χ1v) is 11.8. The molecular formula is C24H28N6OS. The quantitative estimate of drug-likeness (QED) is 0.288. The summed E-state index contributed by atoms with van der Waals surface area (Å²) in [5.74, 6) is -0.00481. The molecule has 7 nitrogen and oxygen atoms in total. The molecule has 8 heteroatoms. The molecule has 1 aromatic heterocycles. The number of allylic oxidation sites excluding steroid dienone is 1. The molecule has 3 rings (SSSR count). The van der Waals surface area contributed by atoms with Crippen molar-refractivity contribution in [3.8, 4) is 0 Å². The molecule has 32 heavy (non-hydrogen) atoms. The summed E-state index contributed by atoms with van der Waals surface area (Å²) < 4.78 is 0. The number of aliphatic imine (C=N–C) groups is 1. The van der Waals surface area contributed by atoms with Crippen molar-refractivity contribution < 1.29 is 4.79 Å². The molecule has 1 aliphatic heterocycles. The molecule has 2 heterocycles. The van der Waals surface area contributed by atoms with Gasteiger partial charge in [0.05, 0.1) is 11.4 Å². The van der Waals surface area contributed by atoms with E-state index in [1.165, 1.54) is 6.34 Å². The van der Waals surface area contributed by atoms with Gasteiger partial charge in [0.15, 0.2) is 0 Å². The van der Waals surface area contributed by atoms with Crippen LogP contribution in [0.25, 0.3) is 0 Å². The summed E-state index contributed by atoms with van der Waals surface area (Å²) in [7, 11) is 0. The zero-order valence-corrected chi connectivity index (χ0v) is 19.2. The molecule has 1 amide bonds. The maximum absolute atomic E-state index is 12.8. The minimum absolute atomic E-state index is 0.0517. The Balaban J connectivity index is 1.71. The number of hydrogen-bond donors (Lipinski definition) is 3. The van der Waals surface area contributed by atoms with Gasteiger partial charge in [0.2, 0.25) is 0 Å². The second-order valence-electron chi connectivity index (χ2n) is 7.40. The number of amidine groups is 1. The summed E-state index contributed by atoms with van der Waals surface area (Å²) in [5.41, 5.74) is 2.64. The first-order valence-electron chi connectivity index (χ1n) is 10.6. The van der Waals surface area contributed by atoms with Crippen molar-refractivity contribution in [1.29, 1.82) is 10.8 Å². The van der Waals surface area contributed by atoms with Crippen LogP contribution in [-0.2, 0) is 4.79 Å². The molecular weight excluding hydrogens is 420 g/mol. The van der Waals surface area contributed by atoms with Gasteiger partial charge in [-0.05, 0) is 48.9 Å². The molecule has 0 radical (unpaired) electrons. The molecule has 2 aromatic rings. The van der Waals surface area contributed by atoms with Crippen LogP contribution in [0.15, 0.2) is 64.4 Å². The summed E-state index contributed by atoms with van der Waals surface area (Å²) in [4.78, 5) is 23.2. The highest BCUT2D eigenvalue weighted by atomic mass is 32.2. The SMILES string of the molecule is CCCCN(C=N)C(=N)c1cccc(NC(=O)C2=CC(c3ccc(SC)nc3)CC=N2)c1. The Hall–Kier alpha value is -3.26. The fourth-order valence-electron chi connectivity index (χ4n) is 3.34. The van der Waals surface area contributed by atoms with E-state index in [4.69, 9.17) is 10.8 Å². The van der Waals surface area contributed by atoms with Gasteiger partial charge in [0, 0.05) is 36.1 Å². The molecule has 1 atom stereocenters. The molecule has 1 unspecified atom stereocenters. The number of rotatable bonds is 9. The van der Waals surface area contributed by atoms with E-state index in [1.54, 1.807) is 47.1 Å². The Morgan fingerprint density at radius 2 is 2.19 bits per heavy atom. The van der Waals surface area contributed by atoms with Crippen LogP contribution in [0.1, 0.15) is 43.2 Å². The van der Waals surface area contributed by atoms with Crippen molar-refractivity contribution in [2.45, 2.75) is 37.1 Å². The number of unbranched alkanes of at least 4 members (excludes halogenated alkanes) is 1. The van der Waals surface area contributed by atoms with Crippen LogP contribution >= 0.6 is 11.8 Å². The van der Waals surface area contributed by atoms with Gasteiger partial charge in [-0.1, -0.05) is 31.5 Å². The van der Waals surface area contributed by atoms with E-state index in [2.05, 4.69) is 22.2 Å². The summed E-state index contributed by atoms with van der Waals surface area (Å²) in [6.45, 7) is 2.69. The van der Waals surface area contributed by atoms with Crippen molar-refractivity contribution in [3.05, 3.63) is 65.5 Å². The van der Waals surface area contributed by atoms with E-state index in [9.17, 15) is 4.79 Å². The number of pyridine rings is 1. The molecule has 1 aromatic carbocycles. The average Bonchev–Trinajstić information content (AvgIpc) is 2.84. The van der Waals surface area contributed by atoms with Gasteiger partial charge in [-0.2, -0.15) is 0 Å². The van der Waals surface area contributed by atoms with Gasteiger partial charge in [0.25, 0.3) is 5.91 Å². The Labute approximate surface area is 193 Å². The summed E-state index contributed by atoms with van der Waals surface area (Å²) in [6.07, 6.45) is 11.3. The summed E-state index contributed by atoms with van der Waals surface area (Å²) >= 11 is 1.59. The Morgan fingerprint density at radius 1 is 1.34 bits per heavy atom. The van der Waals surface area contributed by atoms with Crippen LogP contribution in [0.4, 0.5) is 5.69 Å². The first-order chi connectivity index (χ1) is 15.5. The summed E-state index contributed by atoms with van der Waals surface area (Å²) in [5, 5.41) is 19.8. The lowest BCUT2D eigenvalue weighted by Crippen LogP contribution is -2.30. The number of nitrogens with one attached hydrogen (secondary N) is 3. The van der Waals surface area contributed by atoms with Crippen LogP contribution < -0.4 is 5.32 Å². The normalized spacial score (nSPS) is 15.1. The molecule has 0 bridgehead atoms. The van der Waals surface area contributed by atoms with Crippen LogP contribution in [0.3, 0.4) is 0 Å². The highest BCUT2D eigenvalue weighted by Crippen LogP contribution is 2.26. The van der Waals surface area contributed by atoms with Crippen LogP contribution in [-0.4, -0.2) is 47.0 Å². The number of nitrogens with zero attached hydrogens (tertiary/aromatic N) is 3. The average molecular weight is 449 g/mol. The highest BCUT2D eigenvalue weighted by Gasteiger charge is 2.18. The molecule has 0 fully saturated rings. The van der Waals surface area contributed by atoms with Gasteiger partial charge >= 0.3 is 0 Å². The molecule has 0 saturated heterocycles. The van der Waals surface area contributed by atoms with E-state index in [1.807, 2.05) is 30.7 Å². The van der Waals surface area contributed by atoms with E-state index in [0.29, 0.717) is 23.5 Å². The number of carbonyl (C=O) groups excluding carboxylic acids is 1. The predicted octanol–water partition coefficient (Wildman–Crippen LogP) is 4.92. The maximum atomic E-state index is 12.8. The molecule has 0 spiro atoms. The third-order valence-corrected chi connectivity index (χ3v) is 5.83. The molecule has 166 valence electrons. The smallest absolute Gasteiger partial charge is 0.273 e. The predicted molar refractivity (Wildman–Crippen MR) is 132 cm³/mol. The lowest BCUT2D eigenvalue weighted by atomic mass is 9.95. The monoisotopic (exact) mass is 448 g/mol. The van der Waals surface area contributed by atoms with Crippen molar-refractivity contribution >= 4 is 41.7 Å². The first kappa shape index (κ1) is 23.4. The highest BCUT2D eigenvalue weighted by molar-refractivity contribution is 7.98. The second kappa shape index (κ2) is 11.4. The minimum Gasteiger partial charge on any atom is -0.321 e. The summed E-state index contributed by atoms with van der Waals surface area (Å²) in [6, 6.07) is 11.2. The number of anilines is 1. The number of thioether (sulfide) groups is 1. The standard InChI is InChI=1S/C24H28N6OS/c1-3-4-12-30(16-25)23(26)18-6-5-7-20(13-18)29-24(31)21-14-17(10-11-27-21)19-8-9-22(32-2)28-15-19/h5-9,11,13-17,25-26H,3-4,10,12H2,1-2H3,(H,29,31). The minimum atomic E-state index is -0.293. The Morgan fingerprint density at radius 3 is 2.88 bits per heavy atom. The number of aromatic nitrogens is 1. The largest absolute Gasteiger partial charge is 0.321 e. The van der Waals surface area contributed by atoms with Crippen molar-refractivity contribution in [1.82, 2.24) is 9.88 Å². The van der Waals surface area contributed by atoms with Crippen LogP contribution in [0, 0.1) is 10.8 Å². The fraction of sp³-hybridized carbons (Fsp3) is 0.292. The lowest BCUT2D eigenvalue weighted by molar-refractivity contribution is -0.112. The van der Waals surface area contributed by atoms with E-state index in [0.717, 1.165) is 29.9 Å². The lowest BCUT2D eigenvalue weighted by Gasteiger charge is -2.20. The van der Waals surface area contributed by atoms with Gasteiger partial charge in [-0.3, -0.25) is 20.6 Å². The number of carbonyl (C=O) groups is 1. The van der Waals surface area contributed by atoms with Crippen LogP contribution in [0.2, 0.25) is 0 Å². The van der Waals surface area contributed by atoms with E-state index >= 15 is 0 Å². The van der Waals surface area contributed by atoms with Gasteiger partial charge in [-0.15, -0.1) is 11.8 Å². The third-order valence-electron chi connectivity index (χ3n) is 5.17. The third kappa shape index (κ3) is 5.91. The topological polar surface area (TPSA) is 105 Å². The molecule has 1 aliphatic rings. The fourth-order valence-corrected chi connectivity index (χ4v) is 3.70. The van der Waals surface area contributed by atoms with Crippen molar-refractivity contribution in [2.75, 3.05) is 18.1 Å². The van der Waals surface area contributed by atoms with E-state index in [-0.39, 0.29) is 17.7 Å².